The molecule has 0 saturated carbocycles. The van der Waals surface area contributed by atoms with Crippen LogP contribution in [0.15, 0.2) is 39.9 Å². The van der Waals surface area contributed by atoms with E-state index in [9.17, 15) is 13.5 Å². The molecule has 0 saturated heterocycles. The number of aliphatic hydroxyl groups is 1. The molecule has 2 aromatic rings. The van der Waals surface area contributed by atoms with E-state index in [0.29, 0.717) is 5.56 Å². The molecule has 0 spiro atoms. The molecule has 1 atom stereocenters. The van der Waals surface area contributed by atoms with Crippen LogP contribution in [-0.4, -0.2) is 27.2 Å². The highest BCUT2D eigenvalue weighted by Crippen LogP contribution is 2.25. The second-order valence-electron chi connectivity index (χ2n) is 4.76. The third-order valence-electron chi connectivity index (χ3n) is 3.32. The second kappa shape index (κ2) is 7.23. The lowest BCUT2D eigenvalue weighted by molar-refractivity contribution is 0.182. The number of aryl methyl sites for hydroxylation is 1. The van der Waals surface area contributed by atoms with Gasteiger partial charge in [-0.25, -0.2) is 13.1 Å². The van der Waals surface area contributed by atoms with E-state index in [1.165, 1.54) is 18.4 Å². The lowest BCUT2D eigenvalue weighted by atomic mass is 10.2. The number of aliphatic hydroxyl groups excluding tert-OH is 1. The van der Waals surface area contributed by atoms with Gasteiger partial charge in [-0.1, -0.05) is 13.0 Å². The standard InChI is InChI=1S/C15H19NO4S2/c1-3-11-4-5-14(20-2)15(8-11)22(18,19)16-9-13(17)12-6-7-21-10-12/h4-8,10,13,16-17H,3,9H2,1-2H3. The van der Waals surface area contributed by atoms with Gasteiger partial charge in [-0.05, 0) is 46.5 Å². The van der Waals surface area contributed by atoms with Gasteiger partial charge in [-0.2, -0.15) is 11.3 Å². The fraction of sp³-hybridized carbons (Fsp3) is 0.333. The average molecular weight is 341 g/mol. The van der Waals surface area contributed by atoms with Crippen LogP contribution < -0.4 is 9.46 Å². The van der Waals surface area contributed by atoms with Gasteiger partial charge in [0, 0.05) is 6.54 Å². The van der Waals surface area contributed by atoms with E-state index in [2.05, 4.69) is 4.72 Å². The number of benzene rings is 1. The van der Waals surface area contributed by atoms with Crippen molar-refractivity contribution in [3.63, 3.8) is 0 Å². The Bertz CT molecular complexity index is 711. The maximum atomic E-state index is 12.5. The third-order valence-corrected chi connectivity index (χ3v) is 5.47. The highest BCUT2D eigenvalue weighted by atomic mass is 32.2. The maximum Gasteiger partial charge on any atom is 0.244 e. The molecule has 0 amide bonds. The maximum absolute atomic E-state index is 12.5. The largest absolute Gasteiger partial charge is 0.495 e. The summed E-state index contributed by atoms with van der Waals surface area (Å²) in [4.78, 5) is 0.0897. The van der Waals surface area contributed by atoms with Crippen LogP contribution in [0, 0.1) is 0 Å². The number of sulfonamides is 1. The predicted molar refractivity (Wildman–Crippen MR) is 86.8 cm³/mol. The molecule has 0 aliphatic carbocycles. The van der Waals surface area contributed by atoms with Crippen LogP contribution in [0.3, 0.4) is 0 Å². The number of hydrogen-bond acceptors (Lipinski definition) is 5. The zero-order chi connectivity index (χ0) is 16.2. The Balaban J connectivity index is 2.19. The fourth-order valence-corrected chi connectivity index (χ4v) is 3.96. The molecular formula is C15H19NO4S2. The number of hydrogen-bond donors (Lipinski definition) is 2. The summed E-state index contributed by atoms with van der Waals surface area (Å²) in [6.45, 7) is 1.87. The lowest BCUT2D eigenvalue weighted by Crippen LogP contribution is -2.28. The van der Waals surface area contributed by atoms with Crippen molar-refractivity contribution < 1.29 is 18.3 Å². The molecule has 22 heavy (non-hydrogen) atoms. The van der Waals surface area contributed by atoms with Gasteiger partial charge in [0.15, 0.2) is 0 Å². The first-order valence-electron chi connectivity index (χ1n) is 6.84. The summed E-state index contributed by atoms with van der Waals surface area (Å²) in [7, 11) is -2.32. The normalized spacial score (nSPS) is 13.0. The summed E-state index contributed by atoms with van der Waals surface area (Å²) in [6, 6.07) is 6.83. The van der Waals surface area contributed by atoms with Crippen LogP contribution >= 0.6 is 11.3 Å². The fourth-order valence-electron chi connectivity index (χ4n) is 2.00. The van der Waals surface area contributed by atoms with Crippen LogP contribution in [0.4, 0.5) is 0 Å². The van der Waals surface area contributed by atoms with Gasteiger partial charge in [0.25, 0.3) is 0 Å². The van der Waals surface area contributed by atoms with Gasteiger partial charge in [0.05, 0.1) is 13.2 Å². The van der Waals surface area contributed by atoms with E-state index in [1.54, 1.807) is 23.6 Å². The van der Waals surface area contributed by atoms with E-state index in [4.69, 9.17) is 4.74 Å². The molecule has 1 aromatic carbocycles. The molecule has 0 fully saturated rings. The predicted octanol–water partition coefficient (Wildman–Crippen LogP) is 2.33. The highest BCUT2D eigenvalue weighted by Gasteiger charge is 2.21. The first-order valence-corrected chi connectivity index (χ1v) is 9.27. The number of ether oxygens (including phenoxy) is 1. The minimum absolute atomic E-state index is 0.0847. The van der Waals surface area contributed by atoms with Crippen molar-refractivity contribution in [2.75, 3.05) is 13.7 Å². The molecule has 7 heteroatoms. The Kier molecular flexibility index (Phi) is 5.57. The van der Waals surface area contributed by atoms with Crippen LogP contribution in [0.1, 0.15) is 24.2 Å². The summed E-state index contributed by atoms with van der Waals surface area (Å²) in [5, 5.41) is 13.6. The Morgan fingerprint density at radius 2 is 2.14 bits per heavy atom. The van der Waals surface area contributed by atoms with Crippen molar-refractivity contribution in [3.8, 4) is 5.75 Å². The van der Waals surface area contributed by atoms with E-state index in [1.807, 2.05) is 18.4 Å². The molecule has 1 unspecified atom stereocenters. The minimum Gasteiger partial charge on any atom is -0.495 e. The first kappa shape index (κ1) is 17.0. The molecule has 5 nitrogen and oxygen atoms in total. The summed E-state index contributed by atoms with van der Waals surface area (Å²) in [5.41, 5.74) is 1.60. The number of thiophene rings is 1. The quantitative estimate of drug-likeness (QED) is 0.810. The van der Waals surface area contributed by atoms with Crippen LogP contribution in [0.25, 0.3) is 0 Å². The van der Waals surface area contributed by atoms with Gasteiger partial charge < -0.3 is 9.84 Å². The van der Waals surface area contributed by atoms with Crippen LogP contribution in [0.5, 0.6) is 5.75 Å². The number of rotatable bonds is 7. The SMILES string of the molecule is CCc1ccc(OC)c(S(=O)(=O)NCC(O)c2ccsc2)c1. The van der Waals surface area contributed by atoms with Crippen molar-refractivity contribution in [1.29, 1.82) is 0 Å². The van der Waals surface area contributed by atoms with Gasteiger partial charge in [0.1, 0.15) is 10.6 Å². The Hall–Kier alpha value is -1.41. The van der Waals surface area contributed by atoms with E-state index < -0.39 is 16.1 Å². The van der Waals surface area contributed by atoms with Crippen molar-refractivity contribution in [2.45, 2.75) is 24.3 Å². The number of methoxy groups -OCH3 is 1. The van der Waals surface area contributed by atoms with Crippen molar-refractivity contribution in [3.05, 3.63) is 46.2 Å². The number of nitrogens with one attached hydrogen (secondary N) is 1. The van der Waals surface area contributed by atoms with Gasteiger partial charge in [0.2, 0.25) is 10.0 Å². The summed E-state index contributed by atoms with van der Waals surface area (Å²) in [5.74, 6) is 0.287. The molecular weight excluding hydrogens is 322 g/mol. The first-order chi connectivity index (χ1) is 10.5. The lowest BCUT2D eigenvalue weighted by Gasteiger charge is -2.14. The summed E-state index contributed by atoms with van der Waals surface area (Å²) >= 11 is 1.45. The topological polar surface area (TPSA) is 75.6 Å². The molecule has 0 radical (unpaired) electrons. The Labute approximate surface area is 134 Å². The van der Waals surface area contributed by atoms with E-state index in [-0.39, 0.29) is 17.2 Å². The molecule has 120 valence electrons. The summed E-state index contributed by atoms with van der Waals surface area (Å²) < 4.78 is 32.5. The van der Waals surface area contributed by atoms with Crippen LogP contribution in [-0.2, 0) is 16.4 Å². The molecule has 1 aromatic heterocycles. The van der Waals surface area contributed by atoms with Gasteiger partial charge >= 0.3 is 0 Å². The Morgan fingerprint density at radius 3 is 2.73 bits per heavy atom. The zero-order valence-corrected chi connectivity index (χ0v) is 14.1. The van der Waals surface area contributed by atoms with Gasteiger partial charge in [-0.15, -0.1) is 0 Å². The Morgan fingerprint density at radius 1 is 1.36 bits per heavy atom. The monoisotopic (exact) mass is 341 g/mol. The van der Waals surface area contributed by atoms with Crippen molar-refractivity contribution >= 4 is 21.4 Å². The molecule has 0 aliphatic heterocycles. The molecule has 1 heterocycles. The van der Waals surface area contributed by atoms with E-state index >= 15 is 0 Å². The highest BCUT2D eigenvalue weighted by molar-refractivity contribution is 7.89. The minimum atomic E-state index is -3.75. The molecule has 2 N–H and O–H groups in total. The zero-order valence-electron chi connectivity index (χ0n) is 12.4. The van der Waals surface area contributed by atoms with Crippen molar-refractivity contribution in [1.82, 2.24) is 4.72 Å². The molecule has 0 bridgehead atoms. The summed E-state index contributed by atoms with van der Waals surface area (Å²) in [6.07, 6.45) is -0.147. The van der Waals surface area contributed by atoms with E-state index in [0.717, 1.165) is 12.0 Å². The smallest absolute Gasteiger partial charge is 0.244 e. The van der Waals surface area contributed by atoms with Gasteiger partial charge in [-0.3, -0.25) is 0 Å². The van der Waals surface area contributed by atoms with Crippen LogP contribution in [0.2, 0.25) is 0 Å². The average Bonchev–Trinajstić information content (AvgIpc) is 3.06. The van der Waals surface area contributed by atoms with Crippen molar-refractivity contribution in [2.24, 2.45) is 0 Å². The second-order valence-corrected chi connectivity index (χ2v) is 7.28. The molecule has 0 aliphatic rings. The third kappa shape index (κ3) is 3.86. The molecule has 2 rings (SSSR count).